The van der Waals surface area contributed by atoms with Crippen molar-refractivity contribution in [2.45, 2.75) is 38.6 Å². The van der Waals surface area contributed by atoms with E-state index in [2.05, 4.69) is 33.8 Å². The lowest BCUT2D eigenvalue weighted by atomic mass is 9.96. The maximum absolute atomic E-state index is 12.4. The molecule has 0 aliphatic carbocycles. The number of rotatable bonds is 7. The van der Waals surface area contributed by atoms with Gasteiger partial charge in [0.15, 0.2) is 0 Å². The summed E-state index contributed by atoms with van der Waals surface area (Å²) in [5.74, 6) is 1.59. The SMILES string of the molecule is CCOCCC(=O)N1CCC[C@H](c2nccn2Cc2ccccc2)C1. The molecule has 134 valence electrons. The zero-order valence-electron chi connectivity index (χ0n) is 14.9. The van der Waals surface area contributed by atoms with Gasteiger partial charge in [-0.2, -0.15) is 0 Å². The summed E-state index contributed by atoms with van der Waals surface area (Å²) in [6.45, 7) is 5.56. The Morgan fingerprint density at radius 2 is 2.16 bits per heavy atom. The van der Waals surface area contributed by atoms with Crippen molar-refractivity contribution in [3.8, 4) is 0 Å². The molecule has 0 unspecified atom stereocenters. The molecule has 1 fully saturated rings. The topological polar surface area (TPSA) is 47.4 Å². The molecule has 25 heavy (non-hydrogen) atoms. The second-order valence-corrected chi connectivity index (χ2v) is 6.52. The highest BCUT2D eigenvalue weighted by molar-refractivity contribution is 5.76. The molecule has 3 rings (SSSR count). The molecule has 1 aromatic heterocycles. The number of ether oxygens (including phenoxy) is 1. The van der Waals surface area contributed by atoms with E-state index in [-0.39, 0.29) is 5.91 Å². The number of carbonyl (C=O) groups excluding carboxylic acids is 1. The van der Waals surface area contributed by atoms with Crippen LogP contribution in [0.5, 0.6) is 0 Å². The van der Waals surface area contributed by atoms with Crippen molar-refractivity contribution < 1.29 is 9.53 Å². The third-order valence-electron chi connectivity index (χ3n) is 4.75. The fourth-order valence-corrected chi connectivity index (χ4v) is 3.47. The van der Waals surface area contributed by atoms with Gasteiger partial charge in [-0.25, -0.2) is 4.98 Å². The Bertz CT molecular complexity index is 669. The van der Waals surface area contributed by atoms with E-state index in [1.54, 1.807) is 0 Å². The highest BCUT2D eigenvalue weighted by Gasteiger charge is 2.27. The molecule has 0 radical (unpaired) electrons. The smallest absolute Gasteiger partial charge is 0.224 e. The highest BCUT2D eigenvalue weighted by Crippen LogP contribution is 2.26. The molecule has 1 aliphatic heterocycles. The van der Waals surface area contributed by atoms with Gasteiger partial charge in [0.2, 0.25) is 5.91 Å². The predicted molar refractivity (Wildman–Crippen MR) is 97.4 cm³/mol. The standard InChI is InChI=1S/C20H27N3O2/c1-2-25-14-10-19(24)22-12-6-9-18(16-22)20-21-11-13-23(20)15-17-7-4-3-5-8-17/h3-5,7-8,11,13,18H,2,6,9-10,12,14-16H2,1H3/t18-/m0/s1. The Morgan fingerprint density at radius 1 is 1.32 bits per heavy atom. The van der Waals surface area contributed by atoms with Crippen molar-refractivity contribution in [3.05, 3.63) is 54.1 Å². The molecule has 1 saturated heterocycles. The van der Waals surface area contributed by atoms with Crippen LogP contribution in [0.4, 0.5) is 0 Å². The van der Waals surface area contributed by atoms with Crippen LogP contribution in [0.1, 0.15) is 43.5 Å². The average molecular weight is 341 g/mol. The van der Waals surface area contributed by atoms with E-state index in [9.17, 15) is 4.79 Å². The summed E-state index contributed by atoms with van der Waals surface area (Å²) in [6.07, 6.45) is 6.50. The molecule has 0 saturated carbocycles. The summed E-state index contributed by atoms with van der Waals surface area (Å²) in [5.41, 5.74) is 1.27. The Labute approximate surface area is 149 Å². The van der Waals surface area contributed by atoms with Crippen molar-refractivity contribution >= 4 is 5.91 Å². The van der Waals surface area contributed by atoms with E-state index in [0.717, 1.165) is 38.3 Å². The molecule has 0 N–H and O–H groups in total. The van der Waals surface area contributed by atoms with E-state index in [1.807, 2.05) is 30.3 Å². The molecule has 1 aromatic carbocycles. The molecule has 0 spiro atoms. The number of hydrogen-bond donors (Lipinski definition) is 0. The van der Waals surface area contributed by atoms with Crippen LogP contribution in [0, 0.1) is 0 Å². The van der Waals surface area contributed by atoms with Crippen molar-refractivity contribution in [3.63, 3.8) is 0 Å². The quantitative estimate of drug-likeness (QED) is 0.727. The number of likely N-dealkylation sites (tertiary alicyclic amines) is 1. The van der Waals surface area contributed by atoms with Crippen LogP contribution in [0.25, 0.3) is 0 Å². The number of aromatic nitrogens is 2. The first-order chi connectivity index (χ1) is 12.3. The largest absolute Gasteiger partial charge is 0.381 e. The van der Waals surface area contributed by atoms with Crippen LogP contribution >= 0.6 is 0 Å². The van der Waals surface area contributed by atoms with E-state index < -0.39 is 0 Å². The van der Waals surface area contributed by atoms with E-state index in [0.29, 0.717) is 25.6 Å². The first kappa shape index (κ1) is 17.7. The lowest BCUT2D eigenvalue weighted by Crippen LogP contribution is -2.40. The molecule has 5 nitrogen and oxygen atoms in total. The van der Waals surface area contributed by atoms with Crippen molar-refractivity contribution in [1.82, 2.24) is 14.5 Å². The number of hydrogen-bond acceptors (Lipinski definition) is 3. The minimum Gasteiger partial charge on any atom is -0.381 e. The monoisotopic (exact) mass is 341 g/mol. The van der Waals surface area contributed by atoms with Crippen LogP contribution in [-0.4, -0.2) is 46.7 Å². The van der Waals surface area contributed by atoms with Crippen molar-refractivity contribution in [2.24, 2.45) is 0 Å². The van der Waals surface area contributed by atoms with E-state index >= 15 is 0 Å². The number of carbonyl (C=O) groups is 1. The highest BCUT2D eigenvalue weighted by atomic mass is 16.5. The van der Waals surface area contributed by atoms with Gasteiger partial charge in [-0.15, -0.1) is 0 Å². The fraction of sp³-hybridized carbons (Fsp3) is 0.500. The molecule has 0 bridgehead atoms. The normalized spacial score (nSPS) is 17.6. The van der Waals surface area contributed by atoms with E-state index in [1.165, 1.54) is 5.56 Å². The number of amides is 1. The van der Waals surface area contributed by atoms with Crippen LogP contribution in [-0.2, 0) is 16.1 Å². The Balaban J connectivity index is 1.64. The number of nitrogens with zero attached hydrogens (tertiary/aromatic N) is 3. The maximum atomic E-state index is 12.4. The third-order valence-corrected chi connectivity index (χ3v) is 4.75. The predicted octanol–water partition coefficient (Wildman–Crippen LogP) is 3.06. The van der Waals surface area contributed by atoms with Gasteiger partial charge in [0.25, 0.3) is 0 Å². The first-order valence-corrected chi connectivity index (χ1v) is 9.18. The molecule has 2 heterocycles. The third kappa shape index (κ3) is 4.69. The number of benzene rings is 1. The zero-order valence-corrected chi connectivity index (χ0v) is 14.9. The Morgan fingerprint density at radius 3 is 2.96 bits per heavy atom. The molecule has 1 atom stereocenters. The lowest BCUT2D eigenvalue weighted by Gasteiger charge is -2.32. The lowest BCUT2D eigenvalue weighted by molar-refractivity contribution is -0.133. The van der Waals surface area contributed by atoms with Crippen molar-refractivity contribution in [2.75, 3.05) is 26.3 Å². The second-order valence-electron chi connectivity index (χ2n) is 6.52. The number of imidazole rings is 1. The van der Waals surface area contributed by atoms with Gasteiger partial charge in [-0.1, -0.05) is 30.3 Å². The summed E-state index contributed by atoms with van der Waals surface area (Å²) in [4.78, 5) is 19.0. The van der Waals surface area contributed by atoms with Gasteiger partial charge >= 0.3 is 0 Å². The zero-order chi connectivity index (χ0) is 17.5. The van der Waals surface area contributed by atoms with Gasteiger partial charge in [0, 0.05) is 44.6 Å². The van der Waals surface area contributed by atoms with Gasteiger partial charge < -0.3 is 14.2 Å². The van der Waals surface area contributed by atoms with Crippen molar-refractivity contribution in [1.29, 1.82) is 0 Å². The molecule has 2 aromatic rings. The van der Waals surface area contributed by atoms with Crippen LogP contribution in [0.3, 0.4) is 0 Å². The molecular weight excluding hydrogens is 314 g/mol. The average Bonchev–Trinajstić information content (AvgIpc) is 3.11. The maximum Gasteiger partial charge on any atom is 0.224 e. The van der Waals surface area contributed by atoms with Crippen LogP contribution < -0.4 is 0 Å². The van der Waals surface area contributed by atoms with Gasteiger partial charge in [-0.3, -0.25) is 4.79 Å². The molecule has 1 aliphatic rings. The Kier molecular flexibility index (Phi) is 6.23. The summed E-state index contributed by atoms with van der Waals surface area (Å²) >= 11 is 0. The molecular formula is C20H27N3O2. The first-order valence-electron chi connectivity index (χ1n) is 9.18. The summed E-state index contributed by atoms with van der Waals surface area (Å²) in [6, 6.07) is 10.4. The Hall–Kier alpha value is -2.14. The number of piperidine rings is 1. The molecule has 5 heteroatoms. The van der Waals surface area contributed by atoms with Crippen LogP contribution in [0.15, 0.2) is 42.7 Å². The second kappa shape index (κ2) is 8.81. The summed E-state index contributed by atoms with van der Waals surface area (Å²) in [5, 5.41) is 0. The summed E-state index contributed by atoms with van der Waals surface area (Å²) < 4.78 is 7.53. The van der Waals surface area contributed by atoms with Crippen LogP contribution in [0.2, 0.25) is 0 Å². The van der Waals surface area contributed by atoms with Gasteiger partial charge in [0.1, 0.15) is 5.82 Å². The minimum atomic E-state index is 0.194. The minimum absolute atomic E-state index is 0.194. The summed E-state index contributed by atoms with van der Waals surface area (Å²) in [7, 11) is 0. The van der Waals surface area contributed by atoms with E-state index in [4.69, 9.17) is 4.74 Å². The van der Waals surface area contributed by atoms with Gasteiger partial charge in [0.05, 0.1) is 13.0 Å². The fourth-order valence-electron chi connectivity index (χ4n) is 3.47. The van der Waals surface area contributed by atoms with Gasteiger partial charge in [-0.05, 0) is 25.3 Å². The molecule has 1 amide bonds.